The molecule has 2 aliphatic rings. The number of fused-ring (bicyclic) bond motifs is 3. The number of aliphatic hydroxyl groups excluding tert-OH is 1. The Morgan fingerprint density at radius 1 is 1.03 bits per heavy atom. The third kappa shape index (κ3) is 5.39. The number of nitrogens with one attached hydrogen (secondary N) is 2. The number of hydrogen-bond acceptors (Lipinski definition) is 5. The lowest BCUT2D eigenvalue weighted by molar-refractivity contribution is -0.137. The summed E-state index contributed by atoms with van der Waals surface area (Å²) in [4.78, 5) is 36.3. The summed E-state index contributed by atoms with van der Waals surface area (Å²) in [5.41, 5.74) is 4.28. The highest BCUT2D eigenvalue weighted by molar-refractivity contribution is 5.86. The van der Waals surface area contributed by atoms with Crippen LogP contribution in [0.5, 0.6) is 0 Å². The maximum atomic E-state index is 12.6. The minimum Gasteiger partial charge on any atom is -0.481 e. The molecule has 4 N–H and O–H groups in total. The van der Waals surface area contributed by atoms with Crippen molar-refractivity contribution < 1.29 is 29.3 Å². The van der Waals surface area contributed by atoms with Crippen molar-refractivity contribution in [1.29, 1.82) is 0 Å². The van der Waals surface area contributed by atoms with Crippen LogP contribution in [-0.4, -0.2) is 54.0 Å². The molecule has 1 atom stereocenters. The van der Waals surface area contributed by atoms with E-state index < -0.39 is 24.0 Å². The number of carbonyl (C=O) groups is 3. The highest BCUT2D eigenvalue weighted by Crippen LogP contribution is 2.48. The average molecular weight is 467 g/mol. The Morgan fingerprint density at radius 2 is 1.65 bits per heavy atom. The second kappa shape index (κ2) is 10.3. The van der Waals surface area contributed by atoms with Crippen LogP contribution in [0.15, 0.2) is 48.5 Å². The van der Waals surface area contributed by atoms with Gasteiger partial charge in [0.1, 0.15) is 12.6 Å². The number of aliphatic carboxylic acids is 1. The van der Waals surface area contributed by atoms with Crippen molar-refractivity contribution in [3.05, 3.63) is 59.7 Å². The fourth-order valence-electron chi connectivity index (χ4n) is 4.56. The Balaban J connectivity index is 1.35. The summed E-state index contributed by atoms with van der Waals surface area (Å²) in [7, 11) is 0. The summed E-state index contributed by atoms with van der Waals surface area (Å²) in [5.74, 6) is -1.62. The normalized spacial score (nSPS) is 16.1. The van der Waals surface area contributed by atoms with Crippen molar-refractivity contribution in [2.24, 2.45) is 5.41 Å². The zero-order valence-corrected chi connectivity index (χ0v) is 19.0. The smallest absolute Gasteiger partial charge is 0.407 e. The van der Waals surface area contributed by atoms with E-state index in [2.05, 4.69) is 10.6 Å². The van der Waals surface area contributed by atoms with Crippen LogP contribution in [0, 0.1) is 5.41 Å². The van der Waals surface area contributed by atoms with Gasteiger partial charge in [-0.1, -0.05) is 48.5 Å². The topological polar surface area (TPSA) is 125 Å². The average Bonchev–Trinajstić information content (AvgIpc) is 3.55. The molecule has 2 aromatic carbocycles. The minimum absolute atomic E-state index is 0.0451. The first-order valence-electron chi connectivity index (χ1n) is 11.6. The fraction of sp³-hybridized carbons (Fsp3) is 0.423. The molecule has 0 spiro atoms. The van der Waals surface area contributed by atoms with E-state index in [4.69, 9.17) is 9.84 Å². The highest BCUT2D eigenvalue weighted by Gasteiger charge is 2.41. The lowest BCUT2D eigenvalue weighted by Crippen LogP contribution is -2.47. The molecule has 0 radical (unpaired) electrons. The summed E-state index contributed by atoms with van der Waals surface area (Å²) < 4.78 is 5.50. The largest absolute Gasteiger partial charge is 0.481 e. The molecule has 1 fully saturated rings. The van der Waals surface area contributed by atoms with Crippen molar-refractivity contribution in [2.45, 2.75) is 44.1 Å². The molecule has 8 heteroatoms. The highest BCUT2D eigenvalue weighted by atomic mass is 16.5. The Labute approximate surface area is 198 Å². The molecule has 34 heavy (non-hydrogen) atoms. The minimum atomic E-state index is -1.05. The Bertz CT molecular complexity index is 1020. The first-order valence-corrected chi connectivity index (χ1v) is 11.6. The van der Waals surface area contributed by atoms with E-state index in [1.54, 1.807) is 0 Å². The predicted octanol–water partition coefficient (Wildman–Crippen LogP) is 3.04. The van der Waals surface area contributed by atoms with E-state index >= 15 is 0 Å². The van der Waals surface area contributed by atoms with Crippen molar-refractivity contribution in [3.8, 4) is 11.1 Å². The number of ether oxygens (including phenoxy) is 1. The first kappa shape index (κ1) is 23.8. The van der Waals surface area contributed by atoms with Gasteiger partial charge in [0.05, 0.1) is 0 Å². The third-order valence-corrected chi connectivity index (χ3v) is 6.85. The number of carboxylic acids is 1. The van der Waals surface area contributed by atoms with Gasteiger partial charge in [0.15, 0.2) is 0 Å². The van der Waals surface area contributed by atoms with Crippen LogP contribution in [0.25, 0.3) is 11.1 Å². The van der Waals surface area contributed by atoms with Crippen molar-refractivity contribution in [3.63, 3.8) is 0 Å². The molecule has 2 aromatic rings. The predicted molar refractivity (Wildman–Crippen MR) is 125 cm³/mol. The molecule has 0 bridgehead atoms. The van der Waals surface area contributed by atoms with Crippen LogP contribution in [-0.2, 0) is 14.3 Å². The van der Waals surface area contributed by atoms with Crippen LogP contribution < -0.4 is 10.6 Å². The first-order chi connectivity index (χ1) is 16.4. The molecule has 0 aromatic heterocycles. The number of alkyl carbamates (subject to hydrolysis) is 1. The molecule has 8 nitrogen and oxygen atoms in total. The van der Waals surface area contributed by atoms with Crippen LogP contribution in [0.2, 0.25) is 0 Å². The summed E-state index contributed by atoms with van der Waals surface area (Å²) >= 11 is 0. The quantitative estimate of drug-likeness (QED) is 0.403. The molecular weight excluding hydrogens is 436 g/mol. The molecule has 2 aliphatic carbocycles. The van der Waals surface area contributed by atoms with Gasteiger partial charge in [-0.15, -0.1) is 0 Å². The van der Waals surface area contributed by atoms with Gasteiger partial charge in [-0.05, 0) is 53.4 Å². The molecule has 4 rings (SSSR count). The van der Waals surface area contributed by atoms with E-state index in [1.165, 1.54) is 0 Å². The molecule has 0 saturated heterocycles. The monoisotopic (exact) mass is 466 g/mol. The summed E-state index contributed by atoms with van der Waals surface area (Å²) in [5, 5.41) is 23.7. The van der Waals surface area contributed by atoms with E-state index in [9.17, 15) is 19.5 Å². The van der Waals surface area contributed by atoms with Crippen LogP contribution in [0.4, 0.5) is 4.79 Å². The summed E-state index contributed by atoms with van der Waals surface area (Å²) in [6.07, 6.45) is 1.44. The molecule has 2 amide bonds. The lowest BCUT2D eigenvalue weighted by Gasteiger charge is -2.20. The number of amides is 2. The van der Waals surface area contributed by atoms with Gasteiger partial charge in [0, 0.05) is 25.5 Å². The van der Waals surface area contributed by atoms with E-state index in [0.717, 1.165) is 35.1 Å². The Kier molecular flexibility index (Phi) is 7.17. The molecule has 0 aliphatic heterocycles. The maximum absolute atomic E-state index is 12.6. The summed E-state index contributed by atoms with van der Waals surface area (Å²) in [6, 6.07) is 15.0. The number of carboxylic acid groups (broad SMARTS) is 1. The van der Waals surface area contributed by atoms with Crippen LogP contribution >= 0.6 is 0 Å². The van der Waals surface area contributed by atoms with E-state index in [-0.39, 0.29) is 37.4 Å². The van der Waals surface area contributed by atoms with Gasteiger partial charge >= 0.3 is 12.1 Å². The zero-order valence-electron chi connectivity index (χ0n) is 19.0. The molecule has 1 saturated carbocycles. The van der Waals surface area contributed by atoms with Gasteiger partial charge in [-0.3, -0.25) is 9.59 Å². The molecule has 1 unspecified atom stereocenters. The van der Waals surface area contributed by atoms with Crippen LogP contribution in [0.3, 0.4) is 0 Å². The van der Waals surface area contributed by atoms with Gasteiger partial charge in [0.25, 0.3) is 0 Å². The Hall–Kier alpha value is -3.39. The number of carbonyl (C=O) groups excluding carboxylic acids is 2. The van der Waals surface area contributed by atoms with E-state index in [1.807, 2.05) is 48.5 Å². The second-order valence-corrected chi connectivity index (χ2v) is 9.15. The van der Waals surface area contributed by atoms with Gasteiger partial charge in [0.2, 0.25) is 5.91 Å². The number of benzene rings is 2. The second-order valence-electron chi connectivity index (χ2n) is 9.15. The number of rotatable bonds is 11. The molecule has 0 heterocycles. The van der Waals surface area contributed by atoms with Gasteiger partial charge in [-0.2, -0.15) is 0 Å². The van der Waals surface area contributed by atoms with Gasteiger partial charge < -0.3 is 25.6 Å². The number of hydrogen-bond donors (Lipinski definition) is 4. The van der Waals surface area contributed by atoms with Crippen molar-refractivity contribution in [1.82, 2.24) is 10.6 Å². The zero-order chi connectivity index (χ0) is 24.1. The molecular formula is C26H30N2O6. The maximum Gasteiger partial charge on any atom is 0.407 e. The van der Waals surface area contributed by atoms with E-state index in [0.29, 0.717) is 13.0 Å². The Morgan fingerprint density at radius 3 is 2.21 bits per heavy atom. The number of aliphatic hydroxyl groups is 1. The van der Waals surface area contributed by atoms with Crippen molar-refractivity contribution in [2.75, 3.05) is 19.8 Å². The summed E-state index contributed by atoms with van der Waals surface area (Å²) in [6.45, 7) is 0.546. The van der Waals surface area contributed by atoms with Crippen molar-refractivity contribution >= 4 is 18.0 Å². The lowest BCUT2D eigenvalue weighted by atomic mass is 9.98. The molecule has 180 valence electrons. The third-order valence-electron chi connectivity index (χ3n) is 6.85. The standard InChI is InChI=1S/C26H30N2O6/c29-16-26(11-12-26)13-14-27-24(32)22(9-10-23(30)31)28-25(33)34-15-21-19-7-3-1-5-17(19)18-6-2-4-8-20(18)21/h1-8,21-22,29H,9-16H2,(H,27,32)(H,28,33)(H,30,31). The SMILES string of the molecule is O=C(O)CCC(NC(=O)OCC1c2ccccc2-c2ccccc21)C(=O)NCCC1(CO)CC1. The van der Waals surface area contributed by atoms with Crippen LogP contribution in [0.1, 0.15) is 49.1 Å². The fourth-order valence-corrected chi connectivity index (χ4v) is 4.56. The van der Waals surface area contributed by atoms with Gasteiger partial charge in [-0.25, -0.2) is 4.79 Å².